The zero-order chi connectivity index (χ0) is 27.8. The number of nitrogens with one attached hydrogen (secondary N) is 1. The fourth-order valence-electron chi connectivity index (χ4n) is 4.45. The highest BCUT2D eigenvalue weighted by Crippen LogP contribution is 2.42. The van der Waals surface area contributed by atoms with Gasteiger partial charge in [-0.05, 0) is 52.9 Å². The molecule has 4 aromatic rings. The Morgan fingerprint density at radius 1 is 0.769 bits per heavy atom. The molecule has 5 nitrogen and oxygen atoms in total. The third-order valence-corrected chi connectivity index (χ3v) is 9.08. The van der Waals surface area contributed by atoms with E-state index < -0.39 is 23.0 Å². The fourth-order valence-corrected chi connectivity index (χ4v) is 6.32. The number of aromatic carboxylic acids is 1. The number of carboxylic acid groups (broad SMARTS) is 1. The Morgan fingerprint density at radius 3 is 2.21 bits per heavy atom. The molecule has 2 N–H and O–H groups in total. The molecule has 1 aliphatic carbocycles. The van der Waals surface area contributed by atoms with Crippen LogP contribution in [0.2, 0.25) is 20.1 Å². The molecule has 0 saturated carbocycles. The summed E-state index contributed by atoms with van der Waals surface area (Å²) in [6.07, 6.45) is 0.805. The molecule has 196 valence electrons. The molecular weight excluding hydrogens is 600 g/mol. The molecule has 1 amide bonds. The first kappa shape index (κ1) is 27.6. The second-order valence-electron chi connectivity index (χ2n) is 8.71. The van der Waals surface area contributed by atoms with Crippen LogP contribution in [0, 0.1) is 0 Å². The molecule has 0 heterocycles. The summed E-state index contributed by atoms with van der Waals surface area (Å²) >= 11 is 25.6. The molecule has 0 atom stereocenters. The van der Waals surface area contributed by atoms with Crippen molar-refractivity contribution in [3.63, 3.8) is 0 Å². The van der Waals surface area contributed by atoms with Gasteiger partial charge in [-0.1, -0.05) is 88.9 Å². The Kier molecular flexibility index (Phi) is 7.94. The van der Waals surface area contributed by atoms with Crippen LogP contribution in [-0.4, -0.2) is 28.5 Å². The third kappa shape index (κ3) is 5.40. The van der Waals surface area contributed by atoms with E-state index in [2.05, 4.69) is 17.4 Å². The minimum Gasteiger partial charge on any atom is -0.478 e. The standard InChI is InChI=1S/C29H17Cl4NO4S/c30-24-22(23(29(37)38)25(31)27(33)26(24)32)28(36)34-17-5-3-6-18(12-17)39-13-21(35)15-8-9-20-16(11-15)10-14-4-1-2-7-19(14)20/h1-9,11-12H,10,13H2,(H,34,36)(H,37,38). The second kappa shape index (κ2) is 11.2. The van der Waals surface area contributed by atoms with Gasteiger partial charge in [0.15, 0.2) is 5.78 Å². The molecule has 4 aromatic carbocycles. The van der Waals surface area contributed by atoms with Crippen LogP contribution >= 0.6 is 58.2 Å². The number of benzene rings is 4. The molecule has 0 saturated heterocycles. The van der Waals surface area contributed by atoms with E-state index in [0.717, 1.165) is 22.4 Å². The highest BCUT2D eigenvalue weighted by molar-refractivity contribution is 8.00. The quantitative estimate of drug-likeness (QED) is 0.0826. The van der Waals surface area contributed by atoms with E-state index in [4.69, 9.17) is 46.4 Å². The van der Waals surface area contributed by atoms with E-state index >= 15 is 0 Å². The average molecular weight is 617 g/mol. The number of amides is 1. The number of anilines is 1. The Hall–Kier alpha value is -3.00. The first-order chi connectivity index (χ1) is 18.7. The van der Waals surface area contributed by atoms with E-state index in [0.29, 0.717) is 11.3 Å². The van der Waals surface area contributed by atoms with Crippen molar-refractivity contribution in [2.75, 3.05) is 11.1 Å². The van der Waals surface area contributed by atoms with Crippen molar-refractivity contribution in [1.82, 2.24) is 0 Å². The smallest absolute Gasteiger partial charge is 0.338 e. The molecular formula is C29H17Cl4NO4S. The van der Waals surface area contributed by atoms with Crippen molar-refractivity contribution >= 4 is 81.5 Å². The van der Waals surface area contributed by atoms with Crippen LogP contribution in [0.1, 0.15) is 42.2 Å². The predicted molar refractivity (Wildman–Crippen MR) is 158 cm³/mol. The third-order valence-electron chi connectivity index (χ3n) is 6.29. The van der Waals surface area contributed by atoms with Gasteiger partial charge in [0, 0.05) is 16.1 Å². The van der Waals surface area contributed by atoms with Crippen LogP contribution in [0.3, 0.4) is 0 Å². The summed E-state index contributed by atoms with van der Waals surface area (Å²) in [5.74, 6) is -2.13. The number of halogens is 4. The lowest BCUT2D eigenvalue weighted by Gasteiger charge is -2.14. The summed E-state index contributed by atoms with van der Waals surface area (Å²) in [6, 6.07) is 20.8. The summed E-state index contributed by atoms with van der Waals surface area (Å²) in [7, 11) is 0. The summed E-state index contributed by atoms with van der Waals surface area (Å²) in [4.78, 5) is 38.5. The highest BCUT2D eigenvalue weighted by Gasteiger charge is 2.29. The van der Waals surface area contributed by atoms with Crippen LogP contribution in [0.5, 0.6) is 0 Å². The predicted octanol–water partition coefficient (Wildman–Crippen LogP) is 8.80. The molecule has 39 heavy (non-hydrogen) atoms. The van der Waals surface area contributed by atoms with Gasteiger partial charge in [-0.2, -0.15) is 0 Å². The maximum absolute atomic E-state index is 13.0. The lowest BCUT2D eigenvalue weighted by atomic mass is 10.0. The Labute approximate surface area is 248 Å². The van der Waals surface area contributed by atoms with E-state index in [1.54, 1.807) is 24.3 Å². The number of Topliss-reactive ketones (excluding diaryl/α,β-unsaturated/α-hetero) is 1. The van der Waals surface area contributed by atoms with Gasteiger partial charge in [0.1, 0.15) is 0 Å². The number of hydrogen-bond donors (Lipinski definition) is 2. The number of carbonyl (C=O) groups excluding carboxylic acids is 2. The SMILES string of the molecule is O=C(CSc1cccc(NC(=O)c2c(Cl)c(Cl)c(Cl)c(Cl)c2C(=O)O)c1)c1ccc2c(c1)Cc1ccccc1-2. The van der Waals surface area contributed by atoms with Crippen molar-refractivity contribution in [1.29, 1.82) is 0 Å². The van der Waals surface area contributed by atoms with Gasteiger partial charge >= 0.3 is 5.97 Å². The van der Waals surface area contributed by atoms with Gasteiger partial charge in [-0.25, -0.2) is 4.79 Å². The Bertz CT molecular complexity index is 1690. The maximum Gasteiger partial charge on any atom is 0.338 e. The normalized spacial score (nSPS) is 11.6. The number of hydrogen-bond acceptors (Lipinski definition) is 4. The van der Waals surface area contributed by atoms with Gasteiger partial charge in [-0.15, -0.1) is 11.8 Å². The number of rotatable bonds is 7. The fraction of sp³-hybridized carbons (Fsp3) is 0.0690. The topological polar surface area (TPSA) is 83.5 Å². The molecule has 1 aliphatic rings. The molecule has 0 unspecified atom stereocenters. The van der Waals surface area contributed by atoms with Crippen LogP contribution in [0.4, 0.5) is 5.69 Å². The minimum atomic E-state index is -1.48. The molecule has 0 radical (unpaired) electrons. The number of fused-ring (bicyclic) bond motifs is 3. The molecule has 10 heteroatoms. The van der Waals surface area contributed by atoms with Gasteiger partial charge < -0.3 is 10.4 Å². The summed E-state index contributed by atoms with van der Waals surface area (Å²) in [5, 5.41) is 11.0. The first-order valence-corrected chi connectivity index (χ1v) is 14.0. The largest absolute Gasteiger partial charge is 0.478 e. The number of carboxylic acids is 1. The van der Waals surface area contributed by atoms with Crippen molar-refractivity contribution in [3.8, 4) is 11.1 Å². The van der Waals surface area contributed by atoms with E-state index in [-0.39, 0.29) is 31.6 Å². The Morgan fingerprint density at radius 2 is 1.46 bits per heavy atom. The second-order valence-corrected chi connectivity index (χ2v) is 11.3. The summed E-state index contributed by atoms with van der Waals surface area (Å²) < 4.78 is 0. The van der Waals surface area contributed by atoms with Crippen molar-refractivity contribution in [2.45, 2.75) is 11.3 Å². The van der Waals surface area contributed by atoms with Crippen LogP contribution in [-0.2, 0) is 6.42 Å². The lowest BCUT2D eigenvalue weighted by Crippen LogP contribution is -2.18. The van der Waals surface area contributed by atoms with Crippen LogP contribution < -0.4 is 5.32 Å². The molecule has 0 aliphatic heterocycles. The highest BCUT2D eigenvalue weighted by atomic mass is 35.5. The van der Waals surface area contributed by atoms with Crippen molar-refractivity contribution < 1.29 is 19.5 Å². The van der Waals surface area contributed by atoms with Crippen LogP contribution in [0.15, 0.2) is 71.6 Å². The first-order valence-electron chi connectivity index (χ1n) is 11.5. The summed E-state index contributed by atoms with van der Waals surface area (Å²) in [6.45, 7) is 0. The molecule has 0 bridgehead atoms. The molecule has 0 spiro atoms. The van der Waals surface area contributed by atoms with Gasteiger partial charge in [-0.3, -0.25) is 9.59 Å². The van der Waals surface area contributed by atoms with Crippen LogP contribution in [0.25, 0.3) is 11.1 Å². The zero-order valence-electron chi connectivity index (χ0n) is 19.9. The van der Waals surface area contributed by atoms with E-state index in [1.165, 1.54) is 22.9 Å². The average Bonchev–Trinajstić information content (AvgIpc) is 3.30. The van der Waals surface area contributed by atoms with E-state index in [9.17, 15) is 19.5 Å². The van der Waals surface area contributed by atoms with Gasteiger partial charge in [0.25, 0.3) is 5.91 Å². The minimum absolute atomic E-state index is 0.0171. The lowest BCUT2D eigenvalue weighted by molar-refractivity contribution is 0.0692. The number of ketones is 1. The van der Waals surface area contributed by atoms with Gasteiger partial charge in [0.2, 0.25) is 0 Å². The monoisotopic (exact) mass is 615 g/mol. The number of carbonyl (C=O) groups is 3. The summed E-state index contributed by atoms with van der Waals surface area (Å²) in [5.41, 5.74) is 4.81. The molecule has 0 aromatic heterocycles. The zero-order valence-corrected chi connectivity index (χ0v) is 23.7. The number of thioether (sulfide) groups is 1. The van der Waals surface area contributed by atoms with Crippen molar-refractivity contribution in [2.24, 2.45) is 0 Å². The Balaban J connectivity index is 1.30. The van der Waals surface area contributed by atoms with Gasteiger partial charge in [0.05, 0.1) is 37.0 Å². The molecule has 0 fully saturated rings. The molecule has 5 rings (SSSR count). The van der Waals surface area contributed by atoms with Crippen molar-refractivity contribution in [3.05, 3.63) is 115 Å². The van der Waals surface area contributed by atoms with E-state index in [1.807, 2.05) is 30.3 Å². The maximum atomic E-state index is 13.0.